The molecule has 86 valence electrons. The lowest BCUT2D eigenvalue weighted by atomic mass is 9.64. The average Bonchev–Trinajstić information content (AvgIpc) is 2.16. The Morgan fingerprint density at radius 3 is 2.62 bits per heavy atom. The van der Waals surface area contributed by atoms with E-state index in [2.05, 4.69) is 0 Å². The zero-order chi connectivity index (χ0) is 11.8. The van der Waals surface area contributed by atoms with Crippen LogP contribution >= 0.6 is 0 Å². The van der Waals surface area contributed by atoms with E-state index in [1.165, 1.54) is 12.1 Å². The molecule has 0 amide bonds. The summed E-state index contributed by atoms with van der Waals surface area (Å²) in [4.78, 5) is 10.4. The summed E-state index contributed by atoms with van der Waals surface area (Å²) in [6.45, 7) is 0.331. The van der Waals surface area contributed by atoms with Crippen LogP contribution in [0.4, 0.5) is 10.1 Å². The number of hydrogen-bond acceptors (Lipinski definition) is 3. The maximum atomic E-state index is 13.2. The second-order valence-electron chi connectivity index (χ2n) is 4.26. The van der Waals surface area contributed by atoms with E-state index < -0.39 is 10.7 Å². The molecule has 16 heavy (non-hydrogen) atoms. The molecule has 1 saturated carbocycles. The third kappa shape index (κ3) is 1.57. The number of hydrogen-bond donors (Lipinski definition) is 1. The molecule has 0 heterocycles. The first-order chi connectivity index (χ1) is 7.59. The first kappa shape index (κ1) is 11.0. The van der Waals surface area contributed by atoms with Crippen LogP contribution in [0, 0.1) is 15.9 Å². The Balaban J connectivity index is 2.53. The molecular formula is C11H13FN2O2. The van der Waals surface area contributed by atoms with E-state index in [9.17, 15) is 14.5 Å². The zero-order valence-corrected chi connectivity index (χ0v) is 8.78. The predicted octanol–water partition coefficient (Wildman–Crippen LogP) is 2.11. The lowest BCUT2D eigenvalue weighted by molar-refractivity contribution is -0.386. The van der Waals surface area contributed by atoms with E-state index in [1.807, 2.05) is 0 Å². The van der Waals surface area contributed by atoms with Crippen molar-refractivity contribution in [2.45, 2.75) is 24.7 Å². The van der Waals surface area contributed by atoms with E-state index in [0.717, 1.165) is 25.3 Å². The van der Waals surface area contributed by atoms with Gasteiger partial charge in [0.2, 0.25) is 0 Å². The summed E-state index contributed by atoms with van der Waals surface area (Å²) in [6, 6.07) is 3.59. The van der Waals surface area contributed by atoms with E-state index in [-0.39, 0.29) is 11.1 Å². The van der Waals surface area contributed by atoms with Crippen molar-refractivity contribution >= 4 is 5.69 Å². The van der Waals surface area contributed by atoms with Crippen molar-refractivity contribution in [1.82, 2.24) is 0 Å². The number of nitrogens with two attached hydrogens (primary N) is 1. The smallest absolute Gasteiger partial charge is 0.273 e. The van der Waals surface area contributed by atoms with Gasteiger partial charge in [-0.25, -0.2) is 4.39 Å². The molecule has 1 aromatic carbocycles. The predicted molar refractivity (Wildman–Crippen MR) is 57.6 cm³/mol. The van der Waals surface area contributed by atoms with E-state index >= 15 is 0 Å². The second kappa shape index (κ2) is 3.83. The van der Waals surface area contributed by atoms with Gasteiger partial charge in [-0.1, -0.05) is 6.42 Å². The fraction of sp³-hybridized carbons (Fsp3) is 0.455. The molecule has 1 aliphatic carbocycles. The Bertz CT molecular complexity index is 424. The van der Waals surface area contributed by atoms with Gasteiger partial charge in [0.25, 0.3) is 5.69 Å². The summed E-state index contributed by atoms with van der Waals surface area (Å²) >= 11 is 0. The quantitative estimate of drug-likeness (QED) is 0.631. The molecule has 0 aliphatic heterocycles. The summed E-state index contributed by atoms with van der Waals surface area (Å²) in [5.41, 5.74) is 5.72. The molecule has 4 nitrogen and oxygen atoms in total. The van der Waals surface area contributed by atoms with Gasteiger partial charge in [0, 0.05) is 23.6 Å². The van der Waals surface area contributed by atoms with Gasteiger partial charge < -0.3 is 5.73 Å². The van der Waals surface area contributed by atoms with E-state index in [0.29, 0.717) is 12.1 Å². The maximum absolute atomic E-state index is 13.2. The normalized spacial score (nSPS) is 17.9. The Morgan fingerprint density at radius 1 is 1.50 bits per heavy atom. The van der Waals surface area contributed by atoms with Crippen molar-refractivity contribution < 1.29 is 9.31 Å². The summed E-state index contributed by atoms with van der Waals surface area (Å²) in [7, 11) is 0. The number of benzene rings is 1. The maximum Gasteiger partial charge on any atom is 0.273 e. The minimum absolute atomic E-state index is 0.0217. The minimum Gasteiger partial charge on any atom is -0.330 e. The largest absolute Gasteiger partial charge is 0.330 e. The lowest BCUT2D eigenvalue weighted by Gasteiger charge is -2.40. The zero-order valence-electron chi connectivity index (χ0n) is 8.78. The van der Waals surface area contributed by atoms with Gasteiger partial charge in [-0.15, -0.1) is 0 Å². The van der Waals surface area contributed by atoms with Crippen LogP contribution < -0.4 is 5.73 Å². The second-order valence-corrected chi connectivity index (χ2v) is 4.26. The molecule has 0 saturated heterocycles. The van der Waals surface area contributed by atoms with Crippen LogP contribution in [0.25, 0.3) is 0 Å². The van der Waals surface area contributed by atoms with Crippen molar-refractivity contribution in [1.29, 1.82) is 0 Å². The standard InChI is InChI=1S/C11H13FN2O2/c12-8-2-3-10(14(15)16)9(6-8)11(7-13)4-1-5-11/h2-3,6H,1,4-5,7,13H2. The van der Waals surface area contributed by atoms with Crippen LogP contribution in [0.2, 0.25) is 0 Å². The van der Waals surface area contributed by atoms with Gasteiger partial charge in [0.15, 0.2) is 0 Å². The summed E-state index contributed by atoms with van der Waals surface area (Å²) in [5, 5.41) is 10.9. The van der Waals surface area contributed by atoms with Gasteiger partial charge in [0.05, 0.1) is 4.92 Å². The van der Waals surface area contributed by atoms with Gasteiger partial charge >= 0.3 is 0 Å². The SMILES string of the molecule is NCC1(c2cc(F)ccc2[N+](=O)[O-])CCC1. The molecule has 0 atom stereocenters. The number of rotatable bonds is 3. The highest BCUT2D eigenvalue weighted by Gasteiger charge is 2.41. The van der Waals surface area contributed by atoms with Crippen LogP contribution in [0.15, 0.2) is 18.2 Å². The number of nitrogens with zero attached hydrogens (tertiary/aromatic N) is 1. The molecule has 2 rings (SSSR count). The molecule has 0 unspecified atom stereocenters. The van der Waals surface area contributed by atoms with Crippen LogP contribution in [0.3, 0.4) is 0 Å². The Kier molecular flexibility index (Phi) is 2.63. The van der Waals surface area contributed by atoms with E-state index in [1.54, 1.807) is 0 Å². The van der Waals surface area contributed by atoms with Crippen LogP contribution in [-0.2, 0) is 5.41 Å². The number of nitro groups is 1. The van der Waals surface area contributed by atoms with Crippen LogP contribution in [0.1, 0.15) is 24.8 Å². The number of halogens is 1. The van der Waals surface area contributed by atoms with Gasteiger partial charge in [-0.2, -0.15) is 0 Å². The topological polar surface area (TPSA) is 69.2 Å². The average molecular weight is 224 g/mol. The highest BCUT2D eigenvalue weighted by atomic mass is 19.1. The third-order valence-electron chi connectivity index (χ3n) is 3.43. The summed E-state index contributed by atoms with van der Waals surface area (Å²) in [6.07, 6.45) is 2.59. The summed E-state index contributed by atoms with van der Waals surface area (Å²) < 4.78 is 13.2. The molecule has 0 spiro atoms. The fourth-order valence-electron chi connectivity index (χ4n) is 2.28. The molecule has 0 bridgehead atoms. The van der Waals surface area contributed by atoms with Crippen LogP contribution in [-0.4, -0.2) is 11.5 Å². The molecule has 5 heteroatoms. The molecule has 0 radical (unpaired) electrons. The van der Waals surface area contributed by atoms with Gasteiger partial charge in [0.1, 0.15) is 5.82 Å². The first-order valence-electron chi connectivity index (χ1n) is 5.23. The van der Waals surface area contributed by atoms with Crippen LogP contribution in [0.5, 0.6) is 0 Å². The number of nitro benzene ring substituents is 1. The van der Waals surface area contributed by atoms with Crippen molar-refractivity contribution in [3.63, 3.8) is 0 Å². The highest BCUT2D eigenvalue weighted by Crippen LogP contribution is 2.46. The van der Waals surface area contributed by atoms with Crippen molar-refractivity contribution in [2.24, 2.45) is 5.73 Å². The third-order valence-corrected chi connectivity index (χ3v) is 3.43. The Hall–Kier alpha value is -1.49. The first-order valence-corrected chi connectivity index (χ1v) is 5.23. The van der Waals surface area contributed by atoms with Crippen molar-refractivity contribution in [3.05, 3.63) is 39.7 Å². The Morgan fingerprint density at radius 2 is 2.19 bits per heavy atom. The Labute approximate surface area is 92.4 Å². The lowest BCUT2D eigenvalue weighted by Crippen LogP contribution is -2.42. The molecule has 1 fully saturated rings. The molecule has 0 aromatic heterocycles. The molecule has 2 N–H and O–H groups in total. The van der Waals surface area contributed by atoms with E-state index in [4.69, 9.17) is 5.73 Å². The van der Waals surface area contributed by atoms with Crippen molar-refractivity contribution in [3.8, 4) is 0 Å². The van der Waals surface area contributed by atoms with Crippen molar-refractivity contribution in [2.75, 3.05) is 6.54 Å². The monoisotopic (exact) mass is 224 g/mol. The molecule has 1 aromatic rings. The fourth-order valence-corrected chi connectivity index (χ4v) is 2.28. The molecule has 1 aliphatic rings. The minimum atomic E-state index is -0.468. The summed E-state index contributed by atoms with van der Waals surface area (Å²) in [5.74, 6) is -0.444. The van der Waals surface area contributed by atoms with Gasteiger partial charge in [-0.3, -0.25) is 10.1 Å². The molecular weight excluding hydrogens is 211 g/mol. The highest BCUT2D eigenvalue weighted by molar-refractivity contribution is 5.47. The van der Waals surface area contributed by atoms with Gasteiger partial charge in [-0.05, 0) is 25.0 Å².